The molecule has 2 aliphatic heterocycles. The van der Waals surface area contributed by atoms with Gasteiger partial charge in [0.15, 0.2) is 0 Å². The molecule has 1 amide bonds. The van der Waals surface area contributed by atoms with Crippen LogP contribution in [-0.4, -0.2) is 77.9 Å². The van der Waals surface area contributed by atoms with Crippen molar-refractivity contribution in [2.24, 2.45) is 0 Å². The number of carbonyl (C=O) groups is 1. The molecule has 1 N–H and O–H groups in total. The van der Waals surface area contributed by atoms with Gasteiger partial charge >= 0.3 is 0 Å². The normalized spacial score (nSPS) is 19.8. The maximum atomic E-state index is 13.4. The molecule has 1 saturated heterocycles. The van der Waals surface area contributed by atoms with Crippen molar-refractivity contribution in [1.82, 2.24) is 24.9 Å². The number of amides is 1. The van der Waals surface area contributed by atoms with Gasteiger partial charge in [-0.1, -0.05) is 25.5 Å². The van der Waals surface area contributed by atoms with Gasteiger partial charge in [0.1, 0.15) is 5.75 Å². The van der Waals surface area contributed by atoms with Gasteiger partial charge in [-0.2, -0.15) is 5.10 Å². The van der Waals surface area contributed by atoms with E-state index >= 15 is 0 Å². The van der Waals surface area contributed by atoms with Gasteiger partial charge in [0.25, 0.3) is 0 Å². The number of nitrogens with zero attached hydrogens (tertiary/aromatic N) is 4. The van der Waals surface area contributed by atoms with E-state index in [4.69, 9.17) is 4.74 Å². The van der Waals surface area contributed by atoms with E-state index < -0.39 is 0 Å². The number of carbonyl (C=O) groups excluding carboxylic acids is 1. The van der Waals surface area contributed by atoms with E-state index in [-0.39, 0.29) is 5.91 Å². The minimum Gasteiger partial charge on any atom is -0.493 e. The second-order valence-electron chi connectivity index (χ2n) is 9.73. The molecule has 1 aromatic carbocycles. The fourth-order valence-corrected chi connectivity index (χ4v) is 5.32. The molecule has 2 aromatic rings. The van der Waals surface area contributed by atoms with Gasteiger partial charge in [-0.3, -0.25) is 14.4 Å². The van der Waals surface area contributed by atoms with E-state index in [9.17, 15) is 4.79 Å². The Morgan fingerprint density at radius 2 is 2.18 bits per heavy atom. The highest BCUT2D eigenvalue weighted by atomic mass is 16.5. The fourth-order valence-electron chi connectivity index (χ4n) is 5.32. The summed E-state index contributed by atoms with van der Waals surface area (Å²) < 4.78 is 7.72. The second-order valence-corrected chi connectivity index (χ2v) is 9.73. The number of rotatable bonds is 13. The lowest BCUT2D eigenvalue weighted by molar-refractivity contribution is -0.132. The second kappa shape index (κ2) is 12.4. The zero-order valence-electron chi connectivity index (χ0n) is 20.9. The molecule has 1 aromatic heterocycles. The number of nitrogens with one attached hydrogen (secondary N) is 1. The first kappa shape index (κ1) is 24.7. The number of benzene rings is 1. The van der Waals surface area contributed by atoms with Crippen molar-refractivity contribution in [3.63, 3.8) is 0 Å². The summed E-state index contributed by atoms with van der Waals surface area (Å²) in [5.74, 6) is 1.77. The number of fused-ring (bicyclic) bond motifs is 1. The first-order chi connectivity index (χ1) is 16.7. The Kier molecular flexibility index (Phi) is 8.99. The topological polar surface area (TPSA) is 62.6 Å². The number of aryl methyl sites for hydroxylation is 1. The predicted octanol–water partition coefficient (Wildman–Crippen LogP) is 3.30. The zero-order valence-corrected chi connectivity index (χ0v) is 20.9. The lowest BCUT2D eigenvalue weighted by atomic mass is 9.93. The number of unbranched alkanes of at least 4 members (excludes halogenated alkanes) is 1. The van der Waals surface area contributed by atoms with Gasteiger partial charge in [0.2, 0.25) is 5.91 Å². The van der Waals surface area contributed by atoms with Crippen LogP contribution in [-0.2, 0) is 17.8 Å². The van der Waals surface area contributed by atoms with Crippen molar-refractivity contribution in [3.8, 4) is 5.75 Å². The summed E-state index contributed by atoms with van der Waals surface area (Å²) in [5, 5.41) is 7.59. The smallest absolute Gasteiger partial charge is 0.236 e. The molecule has 0 radical (unpaired) electrons. The molecule has 7 nitrogen and oxygen atoms in total. The van der Waals surface area contributed by atoms with Gasteiger partial charge in [0, 0.05) is 51.0 Å². The van der Waals surface area contributed by atoms with Crippen LogP contribution in [0.5, 0.6) is 5.75 Å². The van der Waals surface area contributed by atoms with E-state index in [1.807, 2.05) is 30.2 Å². The predicted molar refractivity (Wildman–Crippen MR) is 135 cm³/mol. The molecule has 7 heteroatoms. The molecule has 0 saturated carbocycles. The molecule has 0 aliphatic carbocycles. The Morgan fingerprint density at radius 3 is 2.97 bits per heavy atom. The van der Waals surface area contributed by atoms with Crippen molar-refractivity contribution < 1.29 is 9.53 Å². The van der Waals surface area contributed by atoms with Crippen molar-refractivity contribution >= 4 is 5.91 Å². The Hall–Kier alpha value is -2.38. The minimum absolute atomic E-state index is 0.275. The van der Waals surface area contributed by atoms with Crippen molar-refractivity contribution in [3.05, 3.63) is 47.8 Å². The van der Waals surface area contributed by atoms with Crippen LogP contribution >= 0.6 is 0 Å². The molecule has 4 rings (SSSR count). The monoisotopic (exact) mass is 467 g/mol. The average Bonchev–Trinajstić information content (AvgIpc) is 3.60. The highest BCUT2D eigenvalue weighted by molar-refractivity contribution is 5.78. The van der Waals surface area contributed by atoms with Crippen LogP contribution in [0.1, 0.15) is 56.1 Å². The Morgan fingerprint density at radius 1 is 1.29 bits per heavy atom. The van der Waals surface area contributed by atoms with Gasteiger partial charge in [-0.25, -0.2) is 0 Å². The Balaban J connectivity index is 1.44. The van der Waals surface area contributed by atoms with Crippen LogP contribution in [0.25, 0.3) is 0 Å². The first-order valence-electron chi connectivity index (χ1n) is 13.1. The molecule has 186 valence electrons. The van der Waals surface area contributed by atoms with Gasteiger partial charge < -0.3 is 15.0 Å². The van der Waals surface area contributed by atoms with Crippen molar-refractivity contribution in [2.45, 2.75) is 64.0 Å². The van der Waals surface area contributed by atoms with Crippen LogP contribution in [0.3, 0.4) is 0 Å². The highest BCUT2D eigenvalue weighted by Gasteiger charge is 2.35. The fraction of sp³-hybridized carbons (Fsp3) is 0.630. The third-order valence-electron chi connectivity index (χ3n) is 7.29. The quantitative estimate of drug-likeness (QED) is 0.458. The van der Waals surface area contributed by atoms with Crippen molar-refractivity contribution in [2.75, 3.05) is 46.4 Å². The van der Waals surface area contributed by atoms with Gasteiger partial charge in [0.05, 0.1) is 13.2 Å². The van der Waals surface area contributed by atoms with E-state index in [2.05, 4.69) is 45.3 Å². The molecule has 3 heterocycles. The van der Waals surface area contributed by atoms with Crippen LogP contribution in [0.4, 0.5) is 0 Å². The first-order valence-corrected chi connectivity index (χ1v) is 13.1. The molecule has 34 heavy (non-hydrogen) atoms. The number of likely N-dealkylation sites (tertiary alicyclic amines) is 1. The Bertz CT molecular complexity index is 900. The van der Waals surface area contributed by atoms with Crippen LogP contribution < -0.4 is 10.1 Å². The van der Waals surface area contributed by atoms with E-state index in [1.54, 1.807) is 0 Å². The molecule has 2 unspecified atom stereocenters. The summed E-state index contributed by atoms with van der Waals surface area (Å²) in [7, 11) is 1.97. The van der Waals surface area contributed by atoms with Crippen LogP contribution in [0, 0.1) is 0 Å². The van der Waals surface area contributed by atoms with Crippen molar-refractivity contribution in [1.29, 1.82) is 0 Å². The SMILES string of the molecule is CCCCN(CCCNC)C(=O)CN1CC(c2ccc3c(c2)CCO3)CC1CCn1cccn1. The molecular formula is C27H41N5O2. The van der Waals surface area contributed by atoms with E-state index in [1.165, 1.54) is 11.1 Å². The maximum Gasteiger partial charge on any atom is 0.236 e. The summed E-state index contributed by atoms with van der Waals surface area (Å²) in [6.07, 6.45) is 10.1. The molecule has 1 fully saturated rings. The number of aromatic nitrogens is 2. The van der Waals surface area contributed by atoms with Gasteiger partial charge in [-0.15, -0.1) is 0 Å². The Labute approximate surface area is 204 Å². The van der Waals surface area contributed by atoms with Gasteiger partial charge in [-0.05, 0) is 68.5 Å². The largest absolute Gasteiger partial charge is 0.493 e. The number of hydrogen-bond donors (Lipinski definition) is 1. The molecular weight excluding hydrogens is 426 g/mol. The summed E-state index contributed by atoms with van der Waals surface area (Å²) in [6.45, 7) is 7.95. The van der Waals surface area contributed by atoms with Crippen LogP contribution in [0.2, 0.25) is 0 Å². The summed E-state index contributed by atoms with van der Waals surface area (Å²) in [6, 6.07) is 9.07. The van der Waals surface area contributed by atoms with E-state index in [0.29, 0.717) is 18.5 Å². The lowest BCUT2D eigenvalue weighted by Gasteiger charge is -2.28. The third-order valence-corrected chi connectivity index (χ3v) is 7.29. The standard InChI is InChI=1S/C27H41N5O2/c1-3-4-13-30(14-5-11-28-2)27(33)21-31-20-24(19-25(31)9-16-32-15-6-12-29-32)22-7-8-26-23(18-22)10-17-34-26/h6-8,12,15,18,24-25,28H,3-5,9-11,13-14,16-17,19-21H2,1-2H3. The minimum atomic E-state index is 0.275. The summed E-state index contributed by atoms with van der Waals surface area (Å²) in [4.78, 5) is 17.9. The summed E-state index contributed by atoms with van der Waals surface area (Å²) in [5.41, 5.74) is 2.72. The maximum absolute atomic E-state index is 13.4. The average molecular weight is 468 g/mol. The number of hydrogen-bond acceptors (Lipinski definition) is 5. The summed E-state index contributed by atoms with van der Waals surface area (Å²) >= 11 is 0. The third kappa shape index (κ3) is 6.39. The van der Waals surface area contributed by atoms with Crippen LogP contribution in [0.15, 0.2) is 36.7 Å². The number of ether oxygens (including phenoxy) is 1. The molecule has 2 atom stereocenters. The molecule has 0 bridgehead atoms. The van der Waals surface area contributed by atoms with E-state index in [0.717, 1.165) is 83.6 Å². The lowest BCUT2D eigenvalue weighted by Crippen LogP contribution is -2.43. The zero-order chi connectivity index (χ0) is 23.8. The molecule has 0 spiro atoms. The highest BCUT2D eigenvalue weighted by Crippen LogP contribution is 2.36. The molecule has 2 aliphatic rings.